The molecule has 3 rings (SSSR count). The molecule has 1 aromatic carbocycles. The van der Waals surface area contributed by atoms with E-state index in [4.69, 9.17) is 9.26 Å². The Balaban J connectivity index is 1.42. The van der Waals surface area contributed by atoms with Gasteiger partial charge in [0.05, 0.1) is 12.3 Å². The predicted octanol–water partition coefficient (Wildman–Crippen LogP) is 3.38. The van der Waals surface area contributed by atoms with Crippen molar-refractivity contribution in [2.75, 3.05) is 20.2 Å². The van der Waals surface area contributed by atoms with Gasteiger partial charge in [0.25, 0.3) is 0 Å². The fraction of sp³-hybridized carbons (Fsp3) is 0.524. The highest BCUT2D eigenvalue weighted by molar-refractivity contribution is 5.79. The summed E-state index contributed by atoms with van der Waals surface area (Å²) in [6.45, 7) is 6.30. The zero-order valence-corrected chi connectivity index (χ0v) is 16.5. The van der Waals surface area contributed by atoms with Crippen molar-refractivity contribution in [2.45, 2.75) is 46.1 Å². The second kappa shape index (κ2) is 9.44. The Labute approximate surface area is 161 Å². The molecule has 0 atom stereocenters. The maximum absolute atomic E-state index is 5.97. The van der Waals surface area contributed by atoms with Crippen LogP contribution in [0.1, 0.15) is 41.8 Å². The minimum Gasteiger partial charge on any atom is -0.493 e. The zero-order chi connectivity index (χ0) is 19.1. The van der Waals surface area contributed by atoms with Gasteiger partial charge < -0.3 is 19.9 Å². The molecule has 0 bridgehead atoms. The van der Waals surface area contributed by atoms with Crippen LogP contribution in [0.2, 0.25) is 0 Å². The van der Waals surface area contributed by atoms with Gasteiger partial charge in [0.2, 0.25) is 0 Å². The van der Waals surface area contributed by atoms with Gasteiger partial charge in [-0.15, -0.1) is 0 Å². The number of aromatic nitrogens is 1. The highest BCUT2D eigenvalue weighted by atomic mass is 16.5. The molecular formula is C21H30N4O2. The quantitative estimate of drug-likeness (QED) is 0.402. The van der Waals surface area contributed by atoms with Crippen LogP contribution >= 0.6 is 0 Å². The first-order valence-electron chi connectivity index (χ1n) is 9.74. The maximum atomic E-state index is 5.97. The summed E-state index contributed by atoms with van der Waals surface area (Å²) in [4.78, 5) is 4.31. The fourth-order valence-corrected chi connectivity index (χ4v) is 3.01. The number of aryl methyl sites for hydroxylation is 2. The maximum Gasteiger partial charge on any atom is 0.191 e. The molecule has 0 amide bonds. The van der Waals surface area contributed by atoms with Crippen LogP contribution in [0.4, 0.5) is 0 Å². The summed E-state index contributed by atoms with van der Waals surface area (Å²) >= 11 is 0. The summed E-state index contributed by atoms with van der Waals surface area (Å²) in [5.41, 5.74) is 3.34. The zero-order valence-electron chi connectivity index (χ0n) is 16.5. The third-order valence-electron chi connectivity index (χ3n) is 4.89. The average Bonchev–Trinajstić information content (AvgIpc) is 3.46. The Morgan fingerprint density at radius 3 is 2.78 bits per heavy atom. The lowest BCUT2D eigenvalue weighted by Gasteiger charge is -2.15. The van der Waals surface area contributed by atoms with Crippen molar-refractivity contribution in [1.29, 1.82) is 0 Å². The van der Waals surface area contributed by atoms with Crippen molar-refractivity contribution >= 4 is 5.96 Å². The molecule has 27 heavy (non-hydrogen) atoms. The molecule has 1 heterocycles. The molecule has 2 N–H and O–H groups in total. The molecule has 6 heteroatoms. The van der Waals surface area contributed by atoms with Crippen LogP contribution in [0.3, 0.4) is 0 Å². The molecule has 0 aliphatic heterocycles. The van der Waals surface area contributed by atoms with E-state index in [0.717, 1.165) is 60.6 Å². The van der Waals surface area contributed by atoms with Crippen LogP contribution in [-0.4, -0.2) is 31.3 Å². The van der Waals surface area contributed by atoms with Crippen LogP contribution in [0, 0.1) is 19.8 Å². The topological polar surface area (TPSA) is 71.7 Å². The van der Waals surface area contributed by atoms with Crippen molar-refractivity contribution in [1.82, 2.24) is 15.8 Å². The Morgan fingerprint density at radius 1 is 1.26 bits per heavy atom. The number of hydrogen-bond acceptors (Lipinski definition) is 4. The minimum absolute atomic E-state index is 0.685. The van der Waals surface area contributed by atoms with E-state index in [1.165, 1.54) is 18.4 Å². The Bertz CT molecular complexity index is 746. The normalized spacial score (nSPS) is 14.3. The summed E-state index contributed by atoms with van der Waals surface area (Å²) in [5, 5.41) is 10.7. The lowest BCUT2D eigenvalue weighted by atomic mass is 10.1. The Morgan fingerprint density at radius 2 is 2.07 bits per heavy atom. The van der Waals surface area contributed by atoms with E-state index in [-0.39, 0.29) is 0 Å². The summed E-state index contributed by atoms with van der Waals surface area (Å²) in [7, 11) is 1.79. The fourth-order valence-electron chi connectivity index (χ4n) is 3.01. The summed E-state index contributed by atoms with van der Waals surface area (Å²) in [6, 6.07) is 8.20. The molecule has 1 aliphatic carbocycles. The Kier molecular flexibility index (Phi) is 6.74. The first kappa shape index (κ1) is 19.3. The average molecular weight is 370 g/mol. The second-order valence-corrected chi connectivity index (χ2v) is 7.12. The number of nitrogens with zero attached hydrogens (tertiary/aromatic N) is 2. The molecule has 0 spiro atoms. The standard InChI is InChI=1S/C21H30N4O2/c1-15-19(16(2)27-25-15)8-6-12-23-21(22-3)24-13-18-7-4-5-9-20(18)26-14-17-10-11-17/h4-5,7,9,17H,6,8,10-14H2,1-3H3,(H2,22,23,24). The number of aliphatic imine (C=N–C) groups is 1. The van der Waals surface area contributed by atoms with Crippen molar-refractivity contribution in [2.24, 2.45) is 10.9 Å². The highest BCUT2D eigenvalue weighted by Crippen LogP contribution is 2.30. The number of ether oxygens (including phenoxy) is 1. The van der Waals surface area contributed by atoms with Gasteiger partial charge in [-0.3, -0.25) is 4.99 Å². The van der Waals surface area contributed by atoms with E-state index < -0.39 is 0 Å². The van der Waals surface area contributed by atoms with Crippen LogP contribution in [0.15, 0.2) is 33.8 Å². The minimum atomic E-state index is 0.685. The largest absolute Gasteiger partial charge is 0.493 e. The van der Waals surface area contributed by atoms with E-state index in [1.54, 1.807) is 7.05 Å². The number of guanidine groups is 1. The van der Waals surface area contributed by atoms with Gasteiger partial charge in [-0.25, -0.2) is 0 Å². The third kappa shape index (κ3) is 5.74. The van der Waals surface area contributed by atoms with E-state index in [0.29, 0.717) is 6.54 Å². The molecular weight excluding hydrogens is 340 g/mol. The van der Waals surface area contributed by atoms with E-state index >= 15 is 0 Å². The van der Waals surface area contributed by atoms with Gasteiger partial charge in [0.1, 0.15) is 11.5 Å². The SMILES string of the molecule is CN=C(NCCCc1c(C)noc1C)NCc1ccccc1OCC1CC1. The van der Waals surface area contributed by atoms with Gasteiger partial charge in [0, 0.05) is 31.3 Å². The number of hydrogen-bond donors (Lipinski definition) is 2. The molecule has 1 saturated carbocycles. The molecule has 0 unspecified atom stereocenters. The van der Waals surface area contributed by atoms with Gasteiger partial charge in [-0.1, -0.05) is 23.4 Å². The van der Waals surface area contributed by atoms with E-state index in [1.807, 2.05) is 32.0 Å². The molecule has 2 aromatic rings. The third-order valence-corrected chi connectivity index (χ3v) is 4.89. The molecule has 146 valence electrons. The highest BCUT2D eigenvalue weighted by Gasteiger charge is 2.22. The summed E-state index contributed by atoms with van der Waals surface area (Å²) in [5.74, 6) is 3.42. The smallest absolute Gasteiger partial charge is 0.191 e. The van der Waals surface area contributed by atoms with Crippen molar-refractivity contribution < 1.29 is 9.26 Å². The van der Waals surface area contributed by atoms with Crippen molar-refractivity contribution in [3.05, 3.63) is 46.8 Å². The lowest BCUT2D eigenvalue weighted by Crippen LogP contribution is -2.37. The van der Waals surface area contributed by atoms with E-state index in [2.05, 4.69) is 26.8 Å². The molecule has 1 aliphatic rings. The van der Waals surface area contributed by atoms with Crippen LogP contribution in [-0.2, 0) is 13.0 Å². The monoisotopic (exact) mass is 370 g/mol. The van der Waals surface area contributed by atoms with E-state index in [9.17, 15) is 0 Å². The molecule has 0 radical (unpaired) electrons. The summed E-state index contributed by atoms with van der Waals surface area (Å²) < 4.78 is 11.2. The Hall–Kier alpha value is -2.50. The number of rotatable bonds is 9. The first-order chi connectivity index (χ1) is 13.2. The van der Waals surface area contributed by atoms with Crippen molar-refractivity contribution in [3.8, 4) is 5.75 Å². The van der Waals surface area contributed by atoms with Gasteiger partial charge >= 0.3 is 0 Å². The lowest BCUT2D eigenvalue weighted by molar-refractivity contribution is 0.296. The first-order valence-corrected chi connectivity index (χ1v) is 9.74. The van der Waals surface area contributed by atoms with Gasteiger partial charge in [-0.05, 0) is 51.5 Å². The molecule has 6 nitrogen and oxygen atoms in total. The second-order valence-electron chi connectivity index (χ2n) is 7.12. The van der Waals surface area contributed by atoms with Crippen LogP contribution in [0.5, 0.6) is 5.75 Å². The summed E-state index contributed by atoms with van der Waals surface area (Å²) in [6.07, 6.45) is 4.53. The molecule has 0 saturated heterocycles. The number of para-hydroxylation sites is 1. The molecule has 1 aromatic heterocycles. The van der Waals surface area contributed by atoms with Crippen molar-refractivity contribution in [3.63, 3.8) is 0 Å². The van der Waals surface area contributed by atoms with Gasteiger partial charge in [0.15, 0.2) is 5.96 Å². The van der Waals surface area contributed by atoms with Crippen LogP contribution < -0.4 is 15.4 Å². The predicted molar refractivity (Wildman–Crippen MR) is 107 cm³/mol. The molecule has 1 fully saturated rings. The number of benzene rings is 1. The number of nitrogens with one attached hydrogen (secondary N) is 2. The van der Waals surface area contributed by atoms with Gasteiger partial charge in [-0.2, -0.15) is 0 Å². The van der Waals surface area contributed by atoms with Crippen LogP contribution in [0.25, 0.3) is 0 Å².